The molecule has 0 spiro atoms. The van der Waals surface area contributed by atoms with Crippen LogP contribution in [0.25, 0.3) is 0 Å². The van der Waals surface area contributed by atoms with Crippen molar-refractivity contribution in [1.82, 2.24) is 0 Å². The smallest absolute Gasteiger partial charge is 0.411 e. The first-order valence-electron chi connectivity index (χ1n) is 9.05. The lowest BCUT2D eigenvalue weighted by Crippen LogP contribution is -2.32. The van der Waals surface area contributed by atoms with Crippen molar-refractivity contribution in [1.29, 1.82) is 0 Å². The zero-order valence-electron chi connectivity index (χ0n) is 14.8. The van der Waals surface area contributed by atoms with Crippen molar-refractivity contribution < 1.29 is 19.1 Å². The molecule has 0 unspecified atom stereocenters. The molecule has 1 heterocycles. The molecule has 0 radical (unpaired) electrons. The molecule has 1 aromatic carbocycles. The number of imide groups is 1. The molecule has 2 aliphatic carbocycles. The number of amides is 3. The Morgan fingerprint density at radius 3 is 2.46 bits per heavy atom. The molecule has 1 aliphatic heterocycles. The van der Waals surface area contributed by atoms with E-state index >= 15 is 0 Å². The lowest BCUT2D eigenvalue weighted by atomic mass is 9.85. The molecule has 1 aromatic rings. The van der Waals surface area contributed by atoms with Crippen molar-refractivity contribution in [2.24, 2.45) is 29.6 Å². The van der Waals surface area contributed by atoms with E-state index in [1.807, 2.05) is 13.8 Å². The van der Waals surface area contributed by atoms with Crippen molar-refractivity contribution in [3.63, 3.8) is 0 Å². The fourth-order valence-electron chi connectivity index (χ4n) is 4.28. The van der Waals surface area contributed by atoms with Gasteiger partial charge in [0.2, 0.25) is 11.8 Å². The second-order valence-corrected chi connectivity index (χ2v) is 7.68. The first-order chi connectivity index (χ1) is 12.5. The number of fused-ring (bicyclic) bond motifs is 5. The number of nitrogens with one attached hydrogen (secondary N) is 1. The molecule has 6 heteroatoms. The molecule has 1 saturated heterocycles. The minimum atomic E-state index is -0.547. The number of rotatable bonds is 4. The maximum absolute atomic E-state index is 12.9. The zero-order valence-corrected chi connectivity index (χ0v) is 14.8. The third kappa shape index (κ3) is 2.69. The van der Waals surface area contributed by atoms with Crippen molar-refractivity contribution >= 4 is 29.3 Å². The van der Waals surface area contributed by atoms with E-state index in [4.69, 9.17) is 4.74 Å². The van der Waals surface area contributed by atoms with Gasteiger partial charge in [-0.2, -0.15) is 0 Å². The number of hydrogen-bond donors (Lipinski definition) is 1. The Morgan fingerprint density at radius 1 is 1.19 bits per heavy atom. The number of carbonyl (C=O) groups is 3. The minimum Gasteiger partial charge on any atom is -0.449 e. The first-order valence-corrected chi connectivity index (χ1v) is 9.05. The standard InChI is InChI=1S/C20H22N2O4/c1-11(2)10-26-20(25)21-14-4-3-5-15(9-14)22-18(23)16-12-6-7-13(8-12)17(16)19(22)24/h3-7,9,11-13,16-17H,8,10H2,1-2H3,(H,21,25)/t12-,13-,16-,17+/m0/s1. The molecule has 4 rings (SSSR count). The van der Waals surface area contributed by atoms with Crippen molar-refractivity contribution in [2.75, 3.05) is 16.8 Å². The fourth-order valence-corrected chi connectivity index (χ4v) is 4.28. The summed E-state index contributed by atoms with van der Waals surface area (Å²) in [5.74, 6) is -0.115. The highest BCUT2D eigenvalue weighted by Gasteiger charge is 2.59. The van der Waals surface area contributed by atoms with E-state index in [0.29, 0.717) is 18.0 Å². The van der Waals surface area contributed by atoms with Crippen LogP contribution in [0.4, 0.5) is 16.2 Å². The minimum absolute atomic E-state index is 0.128. The molecule has 2 fully saturated rings. The number of hydrogen-bond acceptors (Lipinski definition) is 4. The van der Waals surface area contributed by atoms with E-state index in [0.717, 1.165) is 6.42 Å². The van der Waals surface area contributed by atoms with E-state index in [2.05, 4.69) is 17.5 Å². The van der Waals surface area contributed by atoms with Crippen LogP contribution in [0.2, 0.25) is 0 Å². The third-order valence-electron chi connectivity index (χ3n) is 5.37. The Hall–Kier alpha value is -2.63. The van der Waals surface area contributed by atoms with E-state index in [9.17, 15) is 14.4 Å². The van der Waals surface area contributed by atoms with Gasteiger partial charge in [0.1, 0.15) is 0 Å². The SMILES string of the molecule is CC(C)COC(=O)Nc1cccc(N2C(=O)[C@@H]3[C@H](C2=O)[C@H]2C=C[C@H]3C2)c1. The van der Waals surface area contributed by atoms with Crippen LogP contribution in [0.1, 0.15) is 20.3 Å². The summed E-state index contributed by atoms with van der Waals surface area (Å²) in [5, 5.41) is 2.65. The summed E-state index contributed by atoms with van der Waals surface area (Å²) in [6.45, 7) is 4.24. The molecule has 4 atom stereocenters. The van der Waals surface area contributed by atoms with Gasteiger partial charge in [-0.3, -0.25) is 14.9 Å². The highest BCUT2D eigenvalue weighted by molar-refractivity contribution is 6.23. The highest BCUT2D eigenvalue weighted by Crippen LogP contribution is 2.53. The number of ether oxygens (including phenoxy) is 1. The van der Waals surface area contributed by atoms with E-state index in [1.165, 1.54) is 4.90 Å². The summed E-state index contributed by atoms with van der Waals surface area (Å²) < 4.78 is 5.11. The van der Waals surface area contributed by atoms with Gasteiger partial charge in [0.25, 0.3) is 0 Å². The highest BCUT2D eigenvalue weighted by atomic mass is 16.5. The van der Waals surface area contributed by atoms with Gasteiger partial charge < -0.3 is 4.74 Å². The van der Waals surface area contributed by atoms with Gasteiger partial charge in [-0.1, -0.05) is 32.1 Å². The number of benzene rings is 1. The maximum Gasteiger partial charge on any atom is 0.411 e. The van der Waals surface area contributed by atoms with E-state index < -0.39 is 6.09 Å². The zero-order chi connectivity index (χ0) is 18.4. The Balaban J connectivity index is 1.51. The Labute approximate surface area is 152 Å². The monoisotopic (exact) mass is 354 g/mol. The molecular weight excluding hydrogens is 332 g/mol. The van der Waals surface area contributed by atoms with Crippen molar-refractivity contribution in [3.8, 4) is 0 Å². The molecule has 1 saturated carbocycles. The van der Waals surface area contributed by atoms with E-state index in [1.54, 1.807) is 24.3 Å². The van der Waals surface area contributed by atoms with Crippen LogP contribution < -0.4 is 10.2 Å². The topological polar surface area (TPSA) is 75.7 Å². The predicted octanol–water partition coefficient (Wildman–Crippen LogP) is 3.20. The van der Waals surface area contributed by atoms with Gasteiger partial charge in [0, 0.05) is 5.69 Å². The molecule has 6 nitrogen and oxygen atoms in total. The maximum atomic E-state index is 12.9. The summed E-state index contributed by atoms with van der Waals surface area (Å²) in [7, 11) is 0. The second kappa shape index (κ2) is 6.27. The van der Waals surface area contributed by atoms with E-state index in [-0.39, 0.29) is 41.4 Å². The molecule has 136 valence electrons. The molecule has 3 aliphatic rings. The lowest BCUT2D eigenvalue weighted by Gasteiger charge is -2.18. The summed E-state index contributed by atoms with van der Waals surface area (Å²) in [6.07, 6.45) is 4.50. The number of anilines is 2. The van der Waals surface area contributed by atoms with Gasteiger partial charge in [-0.15, -0.1) is 0 Å². The summed E-state index contributed by atoms with van der Waals surface area (Å²) >= 11 is 0. The van der Waals surface area contributed by atoms with Gasteiger partial charge >= 0.3 is 6.09 Å². The third-order valence-corrected chi connectivity index (χ3v) is 5.37. The van der Waals surface area contributed by atoms with Crippen LogP contribution >= 0.6 is 0 Å². The Kier molecular flexibility index (Phi) is 4.05. The van der Waals surface area contributed by atoms with Crippen LogP contribution in [-0.2, 0) is 14.3 Å². The van der Waals surface area contributed by atoms with Crippen molar-refractivity contribution in [3.05, 3.63) is 36.4 Å². The largest absolute Gasteiger partial charge is 0.449 e. The molecule has 26 heavy (non-hydrogen) atoms. The second-order valence-electron chi connectivity index (χ2n) is 7.68. The summed E-state index contributed by atoms with van der Waals surface area (Å²) in [4.78, 5) is 38.8. The predicted molar refractivity (Wildman–Crippen MR) is 96.5 cm³/mol. The number of carbonyl (C=O) groups excluding carboxylic acids is 3. The summed E-state index contributed by atoms with van der Waals surface area (Å²) in [5.41, 5.74) is 0.991. The molecule has 0 aromatic heterocycles. The average molecular weight is 354 g/mol. The lowest BCUT2D eigenvalue weighted by molar-refractivity contribution is -0.123. The summed E-state index contributed by atoms with van der Waals surface area (Å²) in [6, 6.07) is 6.78. The van der Waals surface area contributed by atoms with Gasteiger partial charge in [0.05, 0.1) is 24.1 Å². The first kappa shape index (κ1) is 16.8. The Bertz CT molecular complexity index is 771. The van der Waals surface area contributed by atoms with Crippen LogP contribution in [0.15, 0.2) is 36.4 Å². The Morgan fingerprint density at radius 2 is 1.85 bits per heavy atom. The number of allylic oxidation sites excluding steroid dienone is 2. The number of nitrogens with zero attached hydrogens (tertiary/aromatic N) is 1. The van der Waals surface area contributed by atoms with Gasteiger partial charge in [-0.05, 0) is 42.4 Å². The van der Waals surface area contributed by atoms with Gasteiger partial charge in [-0.25, -0.2) is 9.69 Å². The van der Waals surface area contributed by atoms with Crippen LogP contribution in [0.5, 0.6) is 0 Å². The van der Waals surface area contributed by atoms with Crippen LogP contribution in [-0.4, -0.2) is 24.5 Å². The molecule has 1 N–H and O–H groups in total. The fraction of sp³-hybridized carbons (Fsp3) is 0.450. The van der Waals surface area contributed by atoms with Crippen molar-refractivity contribution in [2.45, 2.75) is 20.3 Å². The average Bonchev–Trinajstić information content (AvgIpc) is 3.27. The molecular formula is C20H22N2O4. The van der Waals surface area contributed by atoms with Crippen LogP contribution in [0, 0.1) is 29.6 Å². The normalized spacial score (nSPS) is 28.8. The molecule has 2 bridgehead atoms. The molecule has 3 amide bonds. The quantitative estimate of drug-likeness (QED) is 0.665. The van der Waals surface area contributed by atoms with Crippen LogP contribution in [0.3, 0.4) is 0 Å². The van der Waals surface area contributed by atoms with Gasteiger partial charge in [0.15, 0.2) is 0 Å².